The van der Waals surface area contributed by atoms with E-state index in [0.29, 0.717) is 56.5 Å². The summed E-state index contributed by atoms with van der Waals surface area (Å²) < 4.78 is 33.5. The summed E-state index contributed by atoms with van der Waals surface area (Å²) in [5, 5.41) is 1.19. The first-order valence-electron chi connectivity index (χ1n) is 11.3. The van der Waals surface area contributed by atoms with Gasteiger partial charge in [0.1, 0.15) is 17.2 Å². The molecule has 1 aromatic heterocycles. The summed E-state index contributed by atoms with van der Waals surface area (Å²) in [5.41, 5.74) is 2.69. The second kappa shape index (κ2) is 8.99. The summed E-state index contributed by atoms with van der Waals surface area (Å²) in [7, 11) is 1.52. The third kappa shape index (κ3) is 4.00. The number of furan rings is 1. The van der Waals surface area contributed by atoms with Gasteiger partial charge in [0, 0.05) is 27.1 Å². The molecule has 2 aliphatic heterocycles. The van der Waals surface area contributed by atoms with E-state index < -0.39 is 5.97 Å². The fourth-order valence-electron chi connectivity index (χ4n) is 4.38. The van der Waals surface area contributed by atoms with E-state index in [1.54, 1.807) is 61.5 Å². The number of ketones is 1. The zero-order valence-corrected chi connectivity index (χ0v) is 20.5. The van der Waals surface area contributed by atoms with E-state index in [0.717, 1.165) is 5.56 Å². The number of hydrogen-bond donors (Lipinski definition) is 0. The minimum atomic E-state index is -0.689. The molecule has 0 saturated carbocycles. The molecule has 0 fully saturated rings. The molecule has 8 nitrogen and oxygen atoms in total. The molecule has 0 spiro atoms. The van der Waals surface area contributed by atoms with Gasteiger partial charge in [-0.1, -0.05) is 23.7 Å². The Balaban J connectivity index is 1.29. The number of benzene rings is 3. The van der Waals surface area contributed by atoms with Gasteiger partial charge < -0.3 is 28.1 Å². The van der Waals surface area contributed by atoms with Gasteiger partial charge >= 0.3 is 5.97 Å². The van der Waals surface area contributed by atoms with Crippen LogP contribution in [0.3, 0.4) is 0 Å². The predicted molar refractivity (Wildman–Crippen MR) is 134 cm³/mol. The molecule has 186 valence electrons. The lowest BCUT2D eigenvalue weighted by atomic mass is 10.0. The average Bonchev–Trinajstić information content (AvgIpc) is 3.47. The molecule has 0 saturated heterocycles. The number of esters is 1. The number of carbonyl (C=O) groups excluding carboxylic acids is 2. The Labute approximate surface area is 215 Å². The SMILES string of the molecule is COc1cccc2cc(C(=O)Oc3ccc4c(c3C)O/C(=C\c3cc(Cl)cc5c3OCOC5)C4=O)oc12. The lowest BCUT2D eigenvalue weighted by molar-refractivity contribution is -0.0165. The van der Waals surface area contributed by atoms with Gasteiger partial charge in [0.05, 0.1) is 19.3 Å². The highest BCUT2D eigenvalue weighted by atomic mass is 35.5. The third-order valence-electron chi connectivity index (χ3n) is 6.16. The first kappa shape index (κ1) is 23.1. The van der Waals surface area contributed by atoms with Gasteiger partial charge in [-0.2, -0.15) is 0 Å². The van der Waals surface area contributed by atoms with Crippen molar-refractivity contribution in [2.24, 2.45) is 0 Å². The minimum Gasteiger partial charge on any atom is -0.493 e. The largest absolute Gasteiger partial charge is 0.493 e. The lowest BCUT2D eigenvalue weighted by Gasteiger charge is -2.20. The Morgan fingerprint density at radius 3 is 2.78 bits per heavy atom. The Hall–Kier alpha value is -4.27. The second-order valence-electron chi connectivity index (χ2n) is 8.48. The highest BCUT2D eigenvalue weighted by Crippen LogP contribution is 2.41. The van der Waals surface area contributed by atoms with E-state index >= 15 is 0 Å². The van der Waals surface area contributed by atoms with Crippen LogP contribution in [0.5, 0.6) is 23.0 Å². The molecule has 2 aliphatic rings. The molecule has 0 amide bonds. The van der Waals surface area contributed by atoms with Crippen molar-refractivity contribution in [1.82, 2.24) is 0 Å². The lowest BCUT2D eigenvalue weighted by Crippen LogP contribution is -2.12. The monoisotopic (exact) mass is 518 g/mol. The topological polar surface area (TPSA) is 93.4 Å². The van der Waals surface area contributed by atoms with Gasteiger partial charge in [-0.05, 0) is 49.4 Å². The van der Waals surface area contributed by atoms with Crippen LogP contribution in [0.15, 0.2) is 58.7 Å². The molecule has 3 heterocycles. The van der Waals surface area contributed by atoms with Crippen molar-refractivity contribution < 1.29 is 37.7 Å². The molecule has 0 aliphatic carbocycles. The quantitative estimate of drug-likeness (QED) is 0.182. The first-order chi connectivity index (χ1) is 17.9. The van der Waals surface area contributed by atoms with Crippen LogP contribution in [0, 0.1) is 6.92 Å². The van der Waals surface area contributed by atoms with Crippen molar-refractivity contribution in [2.75, 3.05) is 13.9 Å². The zero-order valence-electron chi connectivity index (χ0n) is 19.8. The number of fused-ring (bicyclic) bond motifs is 3. The van der Waals surface area contributed by atoms with Gasteiger partial charge in [-0.25, -0.2) is 4.79 Å². The van der Waals surface area contributed by atoms with Crippen molar-refractivity contribution in [1.29, 1.82) is 0 Å². The number of allylic oxidation sites excluding steroid dienone is 1. The normalized spacial score (nSPS) is 15.2. The highest BCUT2D eigenvalue weighted by molar-refractivity contribution is 6.31. The molecule has 0 atom stereocenters. The molecule has 6 rings (SSSR count). The number of halogens is 1. The van der Waals surface area contributed by atoms with Gasteiger partial charge in [0.2, 0.25) is 11.5 Å². The first-order valence-corrected chi connectivity index (χ1v) is 11.7. The number of carbonyl (C=O) groups is 2. The summed E-state index contributed by atoms with van der Waals surface area (Å²) in [5.74, 6) is 0.781. The molecule has 37 heavy (non-hydrogen) atoms. The summed E-state index contributed by atoms with van der Waals surface area (Å²) >= 11 is 6.25. The van der Waals surface area contributed by atoms with E-state index in [1.807, 2.05) is 0 Å². The smallest absolute Gasteiger partial charge is 0.379 e. The van der Waals surface area contributed by atoms with Crippen LogP contribution in [0.1, 0.15) is 37.6 Å². The number of rotatable bonds is 4. The van der Waals surface area contributed by atoms with Crippen LogP contribution in [0.25, 0.3) is 17.0 Å². The van der Waals surface area contributed by atoms with Gasteiger partial charge in [-0.15, -0.1) is 0 Å². The van der Waals surface area contributed by atoms with Crippen molar-refractivity contribution in [3.8, 4) is 23.0 Å². The maximum atomic E-state index is 13.1. The number of para-hydroxylation sites is 1. The minimum absolute atomic E-state index is 0.0201. The Morgan fingerprint density at radius 2 is 1.95 bits per heavy atom. The van der Waals surface area contributed by atoms with Crippen molar-refractivity contribution >= 4 is 40.4 Å². The van der Waals surface area contributed by atoms with Gasteiger partial charge in [0.25, 0.3) is 0 Å². The Kier molecular flexibility index (Phi) is 5.62. The molecule has 0 radical (unpaired) electrons. The van der Waals surface area contributed by atoms with Crippen molar-refractivity contribution in [2.45, 2.75) is 13.5 Å². The molecule has 0 N–H and O–H groups in total. The Morgan fingerprint density at radius 1 is 1.08 bits per heavy atom. The average molecular weight is 519 g/mol. The van der Waals surface area contributed by atoms with Crippen LogP contribution in [-0.4, -0.2) is 25.7 Å². The molecular formula is C28H19ClO8. The van der Waals surface area contributed by atoms with Gasteiger partial charge in [-0.3, -0.25) is 4.79 Å². The van der Waals surface area contributed by atoms with E-state index in [2.05, 4.69) is 0 Å². The van der Waals surface area contributed by atoms with Crippen LogP contribution < -0.4 is 18.9 Å². The number of methoxy groups -OCH3 is 1. The zero-order chi connectivity index (χ0) is 25.7. The van der Waals surface area contributed by atoms with Crippen molar-refractivity contribution in [3.63, 3.8) is 0 Å². The molecule has 3 aromatic carbocycles. The Bertz CT molecular complexity index is 1630. The summed E-state index contributed by atoms with van der Waals surface area (Å²) in [6.45, 7) is 2.17. The second-order valence-corrected chi connectivity index (χ2v) is 8.91. The summed E-state index contributed by atoms with van der Waals surface area (Å²) in [6, 6.07) is 13.5. The third-order valence-corrected chi connectivity index (χ3v) is 6.38. The van der Waals surface area contributed by atoms with E-state index in [1.165, 1.54) is 7.11 Å². The fourth-order valence-corrected chi connectivity index (χ4v) is 4.63. The number of ether oxygens (including phenoxy) is 5. The maximum Gasteiger partial charge on any atom is 0.379 e. The van der Waals surface area contributed by atoms with Crippen LogP contribution >= 0.6 is 11.6 Å². The molecule has 0 unspecified atom stereocenters. The van der Waals surface area contributed by atoms with E-state index in [-0.39, 0.29) is 29.8 Å². The highest BCUT2D eigenvalue weighted by Gasteiger charge is 2.31. The van der Waals surface area contributed by atoms with Gasteiger partial charge in [0.15, 0.2) is 23.9 Å². The fraction of sp³-hybridized carbons (Fsp3) is 0.143. The predicted octanol–water partition coefficient (Wildman–Crippen LogP) is 6.11. The number of hydrogen-bond acceptors (Lipinski definition) is 8. The summed E-state index contributed by atoms with van der Waals surface area (Å²) in [6.07, 6.45) is 1.59. The molecule has 9 heteroatoms. The van der Waals surface area contributed by atoms with Crippen molar-refractivity contribution in [3.05, 3.63) is 87.3 Å². The summed E-state index contributed by atoms with van der Waals surface area (Å²) in [4.78, 5) is 26.0. The van der Waals surface area contributed by atoms with E-state index in [4.69, 9.17) is 39.7 Å². The van der Waals surface area contributed by atoms with Crippen LogP contribution in [0.2, 0.25) is 5.02 Å². The molecule has 0 bridgehead atoms. The molecule has 4 aromatic rings. The number of Topliss-reactive ketones (excluding diaryl/α,β-unsaturated/α-hetero) is 1. The standard InChI is InChI=1S/C28H19ClO8/c1-14-20(37-28(31)23-10-15-4-3-5-21(32-2)27(15)36-23)7-6-19-24(30)22(35-25(14)19)11-16-8-18(29)9-17-12-33-13-34-26(16)17/h3-11H,12-13H2,1-2H3/b22-11-. The maximum absolute atomic E-state index is 13.1. The van der Waals surface area contributed by atoms with Crippen LogP contribution in [-0.2, 0) is 11.3 Å². The van der Waals surface area contributed by atoms with Crippen LogP contribution in [0.4, 0.5) is 0 Å². The molecular weight excluding hydrogens is 500 g/mol. The van der Waals surface area contributed by atoms with E-state index in [9.17, 15) is 9.59 Å².